The molecule has 0 aliphatic heterocycles. The molecular weight excluding hydrogens is 180 g/mol. The van der Waals surface area contributed by atoms with Gasteiger partial charge in [-0.1, -0.05) is 13.0 Å². The molecule has 3 N–H and O–H groups in total. The van der Waals surface area contributed by atoms with Gasteiger partial charge in [0.15, 0.2) is 0 Å². The van der Waals surface area contributed by atoms with Gasteiger partial charge in [-0.2, -0.15) is 0 Å². The molecule has 0 spiro atoms. The molecule has 0 amide bonds. The Morgan fingerprint density at radius 1 is 1.46 bits per heavy atom. The van der Waals surface area contributed by atoms with Crippen molar-refractivity contribution in [3.05, 3.63) is 23.8 Å². The quantitative estimate of drug-likeness (QED) is 0.726. The predicted molar refractivity (Wildman–Crippen MR) is 60.3 cm³/mol. The fourth-order valence-corrected chi connectivity index (χ4v) is 2.15. The van der Waals surface area contributed by atoms with E-state index in [1.807, 2.05) is 18.8 Å². The molecule has 1 aromatic carbocycles. The van der Waals surface area contributed by atoms with E-state index >= 15 is 0 Å². The number of hydrogen-bond acceptors (Lipinski definition) is 3. The molecule has 3 heteroatoms. The number of thioether (sulfide) groups is 1. The van der Waals surface area contributed by atoms with Crippen LogP contribution in [0.5, 0.6) is 0 Å². The molecule has 0 aromatic heterocycles. The zero-order valence-electron chi connectivity index (χ0n) is 8.13. The van der Waals surface area contributed by atoms with E-state index in [0.29, 0.717) is 6.54 Å². The first-order chi connectivity index (χ1) is 6.33. The van der Waals surface area contributed by atoms with Crippen molar-refractivity contribution in [2.45, 2.75) is 18.4 Å². The van der Waals surface area contributed by atoms with Gasteiger partial charge in [-0.05, 0) is 17.9 Å². The van der Waals surface area contributed by atoms with E-state index in [1.54, 1.807) is 0 Å². The third kappa shape index (κ3) is 2.39. The van der Waals surface area contributed by atoms with Crippen LogP contribution in [0.4, 0.5) is 5.69 Å². The first kappa shape index (κ1) is 10.4. The molecule has 13 heavy (non-hydrogen) atoms. The van der Waals surface area contributed by atoms with Gasteiger partial charge >= 0.3 is 0 Å². The summed E-state index contributed by atoms with van der Waals surface area (Å²) in [7, 11) is 1.93. The van der Waals surface area contributed by atoms with Crippen molar-refractivity contribution in [1.82, 2.24) is 0 Å². The number of nitrogens with two attached hydrogens (primary N) is 1. The van der Waals surface area contributed by atoms with E-state index < -0.39 is 0 Å². The minimum atomic E-state index is 0.597. The van der Waals surface area contributed by atoms with E-state index in [0.717, 1.165) is 11.4 Å². The zero-order valence-corrected chi connectivity index (χ0v) is 8.95. The molecule has 0 heterocycles. The van der Waals surface area contributed by atoms with E-state index in [9.17, 15) is 0 Å². The Kier molecular flexibility index (Phi) is 4.12. The lowest BCUT2D eigenvalue weighted by Gasteiger charge is -2.11. The monoisotopic (exact) mass is 196 g/mol. The van der Waals surface area contributed by atoms with E-state index in [2.05, 4.69) is 30.4 Å². The van der Waals surface area contributed by atoms with Crippen LogP contribution in [0.3, 0.4) is 0 Å². The Labute approximate surface area is 83.9 Å². The number of rotatable bonds is 4. The Morgan fingerprint density at radius 2 is 2.23 bits per heavy atom. The molecule has 2 nitrogen and oxygen atoms in total. The number of benzene rings is 1. The smallest absolute Gasteiger partial charge is 0.0394 e. The van der Waals surface area contributed by atoms with Crippen LogP contribution >= 0.6 is 11.8 Å². The minimum absolute atomic E-state index is 0.597. The lowest BCUT2D eigenvalue weighted by atomic mass is 10.2. The Balaban J connectivity index is 3.03. The molecular formula is C10H16N2S. The Hall–Kier alpha value is -0.670. The number of anilines is 1. The molecule has 0 bridgehead atoms. The average molecular weight is 196 g/mol. The molecule has 0 aliphatic carbocycles. The van der Waals surface area contributed by atoms with Crippen LogP contribution in [0, 0.1) is 0 Å². The van der Waals surface area contributed by atoms with E-state index in [1.165, 1.54) is 10.5 Å². The topological polar surface area (TPSA) is 38.0 Å². The first-order valence-corrected chi connectivity index (χ1v) is 5.44. The fraction of sp³-hybridized carbons (Fsp3) is 0.400. The highest BCUT2D eigenvalue weighted by atomic mass is 32.2. The van der Waals surface area contributed by atoms with Crippen LogP contribution in [0.2, 0.25) is 0 Å². The highest BCUT2D eigenvalue weighted by Gasteiger charge is 2.04. The third-order valence-electron chi connectivity index (χ3n) is 1.91. The molecule has 0 atom stereocenters. The van der Waals surface area contributed by atoms with Crippen molar-refractivity contribution in [1.29, 1.82) is 0 Å². The summed E-state index contributed by atoms with van der Waals surface area (Å²) >= 11 is 1.84. The van der Waals surface area contributed by atoms with Gasteiger partial charge in [-0.15, -0.1) is 11.8 Å². The Bertz CT molecular complexity index is 274. The van der Waals surface area contributed by atoms with Crippen LogP contribution in [0.15, 0.2) is 23.1 Å². The van der Waals surface area contributed by atoms with Gasteiger partial charge in [-0.25, -0.2) is 0 Å². The van der Waals surface area contributed by atoms with Crippen molar-refractivity contribution < 1.29 is 0 Å². The summed E-state index contributed by atoms with van der Waals surface area (Å²) in [6.07, 6.45) is 0. The van der Waals surface area contributed by atoms with Crippen LogP contribution in [-0.4, -0.2) is 12.8 Å². The third-order valence-corrected chi connectivity index (χ3v) is 2.89. The SMILES string of the molecule is CCSc1cccc(NC)c1CN. The maximum atomic E-state index is 5.70. The van der Waals surface area contributed by atoms with E-state index in [4.69, 9.17) is 5.73 Å². The first-order valence-electron chi connectivity index (χ1n) is 4.46. The summed E-state index contributed by atoms with van der Waals surface area (Å²) in [5, 5.41) is 3.15. The van der Waals surface area contributed by atoms with E-state index in [-0.39, 0.29) is 0 Å². The second-order valence-electron chi connectivity index (χ2n) is 2.67. The molecule has 0 fully saturated rings. The summed E-state index contributed by atoms with van der Waals surface area (Å²) in [5.41, 5.74) is 8.06. The van der Waals surface area contributed by atoms with Crippen molar-refractivity contribution in [3.63, 3.8) is 0 Å². The van der Waals surface area contributed by atoms with Crippen LogP contribution in [-0.2, 0) is 6.54 Å². The number of hydrogen-bond donors (Lipinski definition) is 2. The van der Waals surface area contributed by atoms with Gasteiger partial charge in [0.25, 0.3) is 0 Å². The standard InChI is InChI=1S/C10H16N2S/c1-3-13-10-6-4-5-9(12-2)8(10)7-11/h4-6,12H,3,7,11H2,1-2H3. The highest BCUT2D eigenvalue weighted by molar-refractivity contribution is 7.99. The molecule has 72 valence electrons. The molecule has 0 saturated heterocycles. The summed E-state index contributed by atoms with van der Waals surface area (Å²) < 4.78 is 0. The summed E-state index contributed by atoms with van der Waals surface area (Å²) in [5.74, 6) is 1.08. The molecule has 0 unspecified atom stereocenters. The summed E-state index contributed by atoms with van der Waals surface area (Å²) in [6.45, 7) is 2.75. The van der Waals surface area contributed by atoms with Gasteiger partial charge in [0, 0.05) is 29.7 Å². The maximum Gasteiger partial charge on any atom is 0.0394 e. The van der Waals surface area contributed by atoms with Crippen molar-refractivity contribution >= 4 is 17.4 Å². The van der Waals surface area contributed by atoms with Crippen LogP contribution < -0.4 is 11.1 Å². The van der Waals surface area contributed by atoms with Crippen molar-refractivity contribution in [3.8, 4) is 0 Å². The lowest BCUT2D eigenvalue weighted by Crippen LogP contribution is -2.03. The molecule has 1 rings (SSSR count). The van der Waals surface area contributed by atoms with Gasteiger partial charge < -0.3 is 11.1 Å². The predicted octanol–water partition coefficient (Wildman–Crippen LogP) is 2.30. The summed E-state index contributed by atoms with van der Waals surface area (Å²) in [6, 6.07) is 6.24. The minimum Gasteiger partial charge on any atom is -0.388 e. The van der Waals surface area contributed by atoms with Gasteiger partial charge in [0.05, 0.1) is 0 Å². The fourth-order valence-electron chi connectivity index (χ4n) is 1.30. The average Bonchev–Trinajstić information content (AvgIpc) is 2.18. The summed E-state index contributed by atoms with van der Waals surface area (Å²) in [4.78, 5) is 1.29. The zero-order chi connectivity index (χ0) is 9.68. The number of nitrogens with one attached hydrogen (secondary N) is 1. The molecule has 0 saturated carbocycles. The Morgan fingerprint density at radius 3 is 2.77 bits per heavy atom. The molecule has 1 aromatic rings. The second-order valence-corrected chi connectivity index (χ2v) is 3.98. The lowest BCUT2D eigenvalue weighted by molar-refractivity contribution is 1.03. The second kappa shape index (κ2) is 5.14. The van der Waals surface area contributed by atoms with Gasteiger partial charge in [0.1, 0.15) is 0 Å². The van der Waals surface area contributed by atoms with Crippen molar-refractivity contribution in [2.75, 3.05) is 18.1 Å². The van der Waals surface area contributed by atoms with Gasteiger partial charge in [0.2, 0.25) is 0 Å². The van der Waals surface area contributed by atoms with Crippen LogP contribution in [0.1, 0.15) is 12.5 Å². The highest BCUT2D eigenvalue weighted by Crippen LogP contribution is 2.27. The normalized spacial score (nSPS) is 10.1. The maximum absolute atomic E-state index is 5.70. The molecule has 0 aliphatic rings. The largest absolute Gasteiger partial charge is 0.388 e. The molecule has 0 radical (unpaired) electrons. The van der Waals surface area contributed by atoms with Gasteiger partial charge in [-0.3, -0.25) is 0 Å². The van der Waals surface area contributed by atoms with Crippen molar-refractivity contribution in [2.24, 2.45) is 5.73 Å². The van der Waals surface area contributed by atoms with Crippen LogP contribution in [0.25, 0.3) is 0 Å².